The number of hydrogen-bond acceptors (Lipinski definition) is 0. The summed E-state index contributed by atoms with van der Waals surface area (Å²) in [5, 5.41) is 0. The van der Waals surface area contributed by atoms with E-state index < -0.39 is 0 Å². The monoisotopic (exact) mass is 873 g/mol. The average molecular weight is 874 g/mol. The Kier molecular flexibility index (Phi) is 29.7. The van der Waals surface area contributed by atoms with Gasteiger partial charge in [0, 0.05) is 23.3 Å². The molecule has 1 aliphatic heterocycles. The Morgan fingerprint density at radius 1 is 0.368 bits per heavy atom. The number of aryl methyl sites for hydroxylation is 4. The number of hydrogen-bond donors (Lipinski definition) is 0. The molecule has 326 valence electrons. The third kappa shape index (κ3) is 22.4. The van der Waals surface area contributed by atoms with Crippen LogP contribution in [0.25, 0.3) is 16.9 Å². The van der Waals surface area contributed by atoms with Gasteiger partial charge in [0.15, 0.2) is 0 Å². The molecule has 0 bridgehead atoms. The van der Waals surface area contributed by atoms with E-state index in [9.17, 15) is 5.53 Å². The van der Waals surface area contributed by atoms with E-state index in [1.165, 1.54) is 218 Å². The molecule has 2 aromatic carbocycles. The van der Waals surface area contributed by atoms with Crippen molar-refractivity contribution in [1.82, 2.24) is 0 Å². The van der Waals surface area contributed by atoms with Crippen molar-refractivity contribution in [2.45, 2.75) is 245 Å². The summed E-state index contributed by atoms with van der Waals surface area (Å²) in [5.41, 5.74) is 22.1. The van der Waals surface area contributed by atoms with Crippen LogP contribution in [-0.2, 0) is 18.0 Å². The Morgan fingerprint density at radius 3 is 0.842 bits per heavy atom. The molecule has 2 aromatic rings. The van der Waals surface area contributed by atoms with Crippen LogP contribution in [0, 0.1) is 41.5 Å². The molecule has 0 N–H and O–H groups in total. The smallest absolute Gasteiger partial charge is 0.493 e. The topological polar surface area (TPSA) is 25.3 Å². The summed E-state index contributed by atoms with van der Waals surface area (Å²) < 4.78 is 1.31. The molecule has 1 heterocycles. The zero-order valence-electron chi connectivity index (χ0n) is 38.9. The number of rotatable bonds is 32. The molecule has 0 spiro atoms. The first-order valence-corrected chi connectivity index (χ1v) is 26.4. The summed E-state index contributed by atoms with van der Waals surface area (Å²) >= 11 is 1.06. The van der Waals surface area contributed by atoms with Gasteiger partial charge in [-0.3, -0.25) is 0 Å². The van der Waals surface area contributed by atoms with Crippen LogP contribution in [-0.4, -0.2) is 4.70 Å². The third-order valence-corrected chi connectivity index (χ3v) is 14.7. The summed E-state index contributed by atoms with van der Waals surface area (Å²) in [4.78, 5) is 3.09. The van der Waals surface area contributed by atoms with E-state index in [0.29, 0.717) is 0 Å². The van der Waals surface area contributed by atoms with E-state index in [1.807, 2.05) is 12.2 Å². The van der Waals surface area contributed by atoms with E-state index in [1.54, 1.807) is 9.79 Å². The minimum atomic E-state index is 0.826. The Labute approximate surface area is 363 Å². The SMILES string of the molecule is CCCCCCCCCCCCCCC[CH2][Pd][CH2]CCCCCCCCCCCCCCC.Cc1cc(C2=CC=C(c3cc(C)c(C)c(C)c3)[N+]2=[N-])cc(C)c1C. The van der Waals surface area contributed by atoms with E-state index in [2.05, 4.69) is 79.7 Å². The molecule has 0 fully saturated rings. The van der Waals surface area contributed by atoms with Crippen LogP contribution in [0.3, 0.4) is 0 Å². The molecule has 3 rings (SSSR count). The van der Waals surface area contributed by atoms with Gasteiger partial charge >= 0.3 is 169 Å². The number of allylic oxidation sites excluding steroid dienone is 2. The second-order valence-corrected chi connectivity index (χ2v) is 19.9. The van der Waals surface area contributed by atoms with Crippen LogP contribution >= 0.6 is 0 Å². The number of unbranched alkanes of at least 4 members (excludes halogenated alkanes) is 26. The van der Waals surface area contributed by atoms with Crippen molar-refractivity contribution in [2.24, 2.45) is 0 Å². The third-order valence-electron chi connectivity index (χ3n) is 12.5. The van der Waals surface area contributed by atoms with Gasteiger partial charge in [-0.1, -0.05) is 52.4 Å². The van der Waals surface area contributed by atoms with E-state index >= 15 is 0 Å². The zero-order valence-corrected chi connectivity index (χ0v) is 40.4. The van der Waals surface area contributed by atoms with Crippen LogP contribution in [0.1, 0.15) is 238 Å². The number of benzene rings is 2. The first-order valence-electron chi connectivity index (χ1n) is 24.2. The van der Waals surface area contributed by atoms with E-state index in [0.717, 1.165) is 40.5 Å². The summed E-state index contributed by atoms with van der Waals surface area (Å²) in [6, 6.07) is 8.55. The van der Waals surface area contributed by atoms with Crippen molar-refractivity contribution in [3.8, 4) is 0 Å². The zero-order chi connectivity index (χ0) is 41.5. The second-order valence-electron chi connectivity index (χ2n) is 17.6. The molecule has 0 amide bonds. The predicted octanol–water partition coefficient (Wildman–Crippen LogP) is 18.8. The van der Waals surface area contributed by atoms with Gasteiger partial charge in [0.2, 0.25) is 11.4 Å². The maximum absolute atomic E-state index is 10.8. The van der Waals surface area contributed by atoms with Crippen LogP contribution in [0.15, 0.2) is 36.4 Å². The summed E-state index contributed by atoms with van der Waals surface area (Å²) in [6.45, 7) is 17.3. The number of nitrogens with zero attached hydrogens (tertiary/aromatic N) is 2. The van der Waals surface area contributed by atoms with Crippen molar-refractivity contribution in [3.63, 3.8) is 0 Å². The molecular weight excluding hydrogens is 783 g/mol. The molecule has 3 heteroatoms. The molecule has 0 radical (unpaired) electrons. The Bertz CT molecular complexity index is 1280. The van der Waals surface area contributed by atoms with Gasteiger partial charge in [-0.05, 0) is 99.2 Å². The van der Waals surface area contributed by atoms with E-state index in [-0.39, 0.29) is 0 Å². The molecule has 0 saturated carbocycles. The first-order chi connectivity index (χ1) is 27.7. The Balaban J connectivity index is 0.000000410. The fourth-order valence-corrected chi connectivity index (χ4v) is 9.96. The molecule has 1 aliphatic rings. The minimum absolute atomic E-state index is 0.826. The summed E-state index contributed by atoms with van der Waals surface area (Å²) in [5.74, 6) is 0. The van der Waals surface area contributed by atoms with Crippen molar-refractivity contribution in [1.29, 1.82) is 0 Å². The first kappa shape index (κ1) is 51.3. The molecule has 0 aliphatic carbocycles. The average Bonchev–Trinajstić information content (AvgIpc) is 3.59. The van der Waals surface area contributed by atoms with Gasteiger partial charge in [0.05, 0.1) is 0 Å². The van der Waals surface area contributed by atoms with Crippen LogP contribution in [0.2, 0.25) is 9.79 Å². The van der Waals surface area contributed by atoms with Crippen molar-refractivity contribution < 1.29 is 22.7 Å². The molecule has 2 nitrogen and oxygen atoms in total. The van der Waals surface area contributed by atoms with Gasteiger partial charge in [0.25, 0.3) is 0 Å². The normalized spacial score (nSPS) is 12.6. The van der Waals surface area contributed by atoms with Gasteiger partial charge in [0.1, 0.15) is 0 Å². The van der Waals surface area contributed by atoms with Crippen molar-refractivity contribution in [3.05, 3.63) is 86.5 Å². The summed E-state index contributed by atoms with van der Waals surface area (Å²) in [7, 11) is 0. The minimum Gasteiger partial charge on any atom is -0.493 e. The quantitative estimate of drug-likeness (QED) is 0.0398. The Hall–Kier alpha value is -1.82. The van der Waals surface area contributed by atoms with Gasteiger partial charge in [-0.2, -0.15) is 0 Å². The molecule has 57 heavy (non-hydrogen) atoms. The fourth-order valence-electron chi connectivity index (χ4n) is 8.02. The van der Waals surface area contributed by atoms with Crippen molar-refractivity contribution in [2.75, 3.05) is 0 Å². The molecule has 0 atom stereocenters. The van der Waals surface area contributed by atoms with Crippen LogP contribution in [0.4, 0.5) is 0 Å². The fraction of sp³-hybridized carbons (Fsp3) is 0.704. The molecule has 0 unspecified atom stereocenters. The Morgan fingerprint density at radius 2 is 0.596 bits per heavy atom. The maximum atomic E-state index is 10.8. The van der Waals surface area contributed by atoms with Gasteiger partial charge in [-0.25, -0.2) is 4.70 Å². The van der Waals surface area contributed by atoms with Gasteiger partial charge < -0.3 is 5.53 Å². The van der Waals surface area contributed by atoms with Gasteiger partial charge in [-0.15, -0.1) is 0 Å². The van der Waals surface area contributed by atoms with Crippen LogP contribution < -0.4 is 0 Å². The molecular formula is C54H90N2Pd. The van der Waals surface area contributed by atoms with Crippen molar-refractivity contribution >= 4 is 11.4 Å². The molecule has 0 aromatic heterocycles. The predicted molar refractivity (Wildman–Crippen MR) is 251 cm³/mol. The van der Waals surface area contributed by atoms with Crippen LogP contribution in [0.5, 0.6) is 0 Å². The summed E-state index contributed by atoms with van der Waals surface area (Å²) in [6.07, 6.45) is 45.5. The van der Waals surface area contributed by atoms with E-state index in [4.69, 9.17) is 0 Å². The molecule has 0 saturated heterocycles. The standard InChI is InChI=1S/C22H24N2.2C16H33.Pd/c1-13-9-19(10-14(2)17(13)5)21-7-8-22(24(21)23)20-11-15(3)18(6)16(4)12-20;2*1-3-5-7-9-11-13-15-16-14-12-10-8-6-4-2;/h7-12H,1-6H3;2*1,3-16H2,2H3;. The second kappa shape index (κ2) is 33.0.